The number of rotatable bonds is 2. The first-order chi connectivity index (χ1) is 6.47. The van der Waals surface area contributed by atoms with Crippen LogP contribution < -0.4 is 0 Å². The van der Waals surface area contributed by atoms with E-state index in [2.05, 4.69) is 20.8 Å². The van der Waals surface area contributed by atoms with E-state index in [9.17, 15) is 4.79 Å². The van der Waals surface area contributed by atoms with Crippen LogP contribution in [0.5, 0.6) is 0 Å². The Morgan fingerprint density at radius 3 is 2.29 bits per heavy atom. The van der Waals surface area contributed by atoms with Gasteiger partial charge >= 0.3 is 5.97 Å². The third kappa shape index (κ3) is 4.64. The van der Waals surface area contributed by atoms with Crippen molar-refractivity contribution in [3.63, 3.8) is 0 Å². The summed E-state index contributed by atoms with van der Waals surface area (Å²) in [5.74, 6) is -0.0237. The Morgan fingerprint density at radius 1 is 1.21 bits per heavy atom. The smallest absolute Gasteiger partial charge is 0.306 e. The molecule has 0 spiro atoms. The largest absolute Gasteiger partial charge is 0.462 e. The van der Waals surface area contributed by atoms with Gasteiger partial charge in [-0.05, 0) is 31.1 Å². The fourth-order valence-corrected chi connectivity index (χ4v) is 1.84. The molecule has 0 unspecified atom stereocenters. The molecule has 0 aromatic heterocycles. The second-order valence-corrected chi connectivity index (χ2v) is 5.49. The third-order valence-corrected chi connectivity index (χ3v) is 2.52. The summed E-state index contributed by atoms with van der Waals surface area (Å²) in [6.45, 7) is 6.19. The molecule has 1 saturated carbocycles. The minimum atomic E-state index is -0.0237. The Balaban J connectivity index is 2.25. The van der Waals surface area contributed by atoms with Gasteiger partial charge in [0.25, 0.3) is 0 Å². The second-order valence-electron chi connectivity index (χ2n) is 5.49. The van der Waals surface area contributed by atoms with Crippen LogP contribution >= 0.6 is 0 Å². The summed E-state index contributed by atoms with van der Waals surface area (Å²) in [6, 6.07) is 0. The fraction of sp³-hybridized carbons (Fsp3) is 0.917. The minimum absolute atomic E-state index is 0.0237. The summed E-state index contributed by atoms with van der Waals surface area (Å²) >= 11 is 0. The van der Waals surface area contributed by atoms with Crippen molar-refractivity contribution in [3.05, 3.63) is 0 Å². The topological polar surface area (TPSA) is 26.3 Å². The first-order valence-corrected chi connectivity index (χ1v) is 5.67. The molecule has 2 heteroatoms. The van der Waals surface area contributed by atoms with Crippen LogP contribution in [-0.2, 0) is 9.53 Å². The van der Waals surface area contributed by atoms with E-state index in [0.717, 1.165) is 12.8 Å². The molecule has 1 aliphatic rings. The lowest BCUT2D eigenvalue weighted by Gasteiger charge is -2.24. The maximum absolute atomic E-state index is 11.5. The van der Waals surface area contributed by atoms with E-state index in [1.165, 1.54) is 19.3 Å². The SMILES string of the molecule is CC(C)(C)CC(=O)OC1CCCCC1. The molecule has 0 bridgehead atoms. The molecule has 1 aliphatic carbocycles. The van der Waals surface area contributed by atoms with Gasteiger partial charge in [-0.2, -0.15) is 0 Å². The van der Waals surface area contributed by atoms with E-state index in [4.69, 9.17) is 4.74 Å². The quantitative estimate of drug-likeness (QED) is 0.636. The molecule has 0 saturated heterocycles. The average Bonchev–Trinajstić information content (AvgIpc) is 2.02. The van der Waals surface area contributed by atoms with Gasteiger partial charge in [-0.1, -0.05) is 27.2 Å². The Bertz CT molecular complexity index is 185. The monoisotopic (exact) mass is 198 g/mol. The fourth-order valence-electron chi connectivity index (χ4n) is 1.84. The Labute approximate surface area is 87.0 Å². The zero-order valence-corrected chi connectivity index (χ0v) is 9.64. The molecule has 82 valence electrons. The average molecular weight is 198 g/mol. The Morgan fingerprint density at radius 2 is 1.79 bits per heavy atom. The van der Waals surface area contributed by atoms with Gasteiger partial charge < -0.3 is 4.74 Å². The molecule has 0 heterocycles. The number of hydrogen-bond acceptors (Lipinski definition) is 2. The maximum atomic E-state index is 11.5. The molecule has 1 rings (SSSR count). The van der Waals surface area contributed by atoms with Crippen LogP contribution in [0, 0.1) is 5.41 Å². The van der Waals surface area contributed by atoms with E-state index in [1.807, 2.05) is 0 Å². The highest BCUT2D eigenvalue weighted by molar-refractivity contribution is 5.70. The summed E-state index contributed by atoms with van der Waals surface area (Å²) in [5, 5.41) is 0. The molecule has 0 N–H and O–H groups in total. The standard InChI is InChI=1S/C12H22O2/c1-12(2,3)9-11(13)14-10-7-5-4-6-8-10/h10H,4-9H2,1-3H3. The summed E-state index contributed by atoms with van der Waals surface area (Å²) in [7, 11) is 0. The number of carbonyl (C=O) groups is 1. The lowest BCUT2D eigenvalue weighted by molar-refractivity contribution is -0.152. The molecule has 0 amide bonds. The molecule has 14 heavy (non-hydrogen) atoms. The van der Waals surface area contributed by atoms with Crippen molar-refractivity contribution in [2.75, 3.05) is 0 Å². The van der Waals surface area contributed by atoms with Crippen LogP contribution in [0.2, 0.25) is 0 Å². The molecule has 0 radical (unpaired) electrons. The van der Waals surface area contributed by atoms with Crippen molar-refractivity contribution < 1.29 is 9.53 Å². The number of carbonyl (C=O) groups excluding carboxylic acids is 1. The van der Waals surface area contributed by atoms with E-state index >= 15 is 0 Å². The number of esters is 1. The molecule has 0 aromatic rings. The van der Waals surface area contributed by atoms with E-state index in [0.29, 0.717) is 6.42 Å². The van der Waals surface area contributed by atoms with Gasteiger partial charge in [0.05, 0.1) is 6.42 Å². The number of ether oxygens (including phenoxy) is 1. The molecule has 0 aromatic carbocycles. The predicted octanol–water partition coefficient (Wildman–Crippen LogP) is 3.30. The highest BCUT2D eigenvalue weighted by Crippen LogP contribution is 2.23. The highest BCUT2D eigenvalue weighted by atomic mass is 16.5. The molecular weight excluding hydrogens is 176 g/mol. The van der Waals surface area contributed by atoms with E-state index in [1.54, 1.807) is 0 Å². The highest BCUT2D eigenvalue weighted by Gasteiger charge is 2.21. The van der Waals surface area contributed by atoms with Crippen LogP contribution in [0.4, 0.5) is 0 Å². The lowest BCUT2D eigenvalue weighted by atomic mass is 9.92. The van der Waals surface area contributed by atoms with Gasteiger partial charge in [-0.15, -0.1) is 0 Å². The van der Waals surface area contributed by atoms with Gasteiger partial charge in [-0.25, -0.2) is 0 Å². The van der Waals surface area contributed by atoms with Gasteiger partial charge in [0, 0.05) is 0 Å². The summed E-state index contributed by atoms with van der Waals surface area (Å²) in [5.41, 5.74) is 0.0474. The van der Waals surface area contributed by atoms with Crippen LogP contribution in [0.1, 0.15) is 59.3 Å². The zero-order chi connectivity index (χ0) is 10.6. The zero-order valence-electron chi connectivity index (χ0n) is 9.64. The Kier molecular flexibility index (Phi) is 3.97. The second kappa shape index (κ2) is 4.81. The Hall–Kier alpha value is -0.530. The first-order valence-electron chi connectivity index (χ1n) is 5.67. The maximum Gasteiger partial charge on any atom is 0.306 e. The van der Waals surface area contributed by atoms with E-state index < -0.39 is 0 Å². The van der Waals surface area contributed by atoms with Crippen LogP contribution in [0.15, 0.2) is 0 Å². The minimum Gasteiger partial charge on any atom is -0.462 e. The van der Waals surface area contributed by atoms with Gasteiger partial charge in [0.1, 0.15) is 6.10 Å². The van der Waals surface area contributed by atoms with Crippen molar-refractivity contribution in [2.45, 2.75) is 65.4 Å². The van der Waals surface area contributed by atoms with E-state index in [-0.39, 0.29) is 17.5 Å². The molecule has 0 aliphatic heterocycles. The van der Waals surface area contributed by atoms with Crippen molar-refractivity contribution in [3.8, 4) is 0 Å². The third-order valence-electron chi connectivity index (χ3n) is 2.52. The lowest BCUT2D eigenvalue weighted by Crippen LogP contribution is -2.23. The van der Waals surface area contributed by atoms with Crippen molar-refractivity contribution in [1.29, 1.82) is 0 Å². The van der Waals surface area contributed by atoms with Crippen LogP contribution in [-0.4, -0.2) is 12.1 Å². The summed E-state index contributed by atoms with van der Waals surface area (Å²) in [4.78, 5) is 11.5. The number of hydrogen-bond donors (Lipinski definition) is 0. The van der Waals surface area contributed by atoms with Gasteiger partial charge in [0.15, 0.2) is 0 Å². The van der Waals surface area contributed by atoms with Gasteiger partial charge in [-0.3, -0.25) is 4.79 Å². The predicted molar refractivity (Wildman–Crippen MR) is 57.0 cm³/mol. The van der Waals surface area contributed by atoms with Crippen LogP contribution in [0.25, 0.3) is 0 Å². The summed E-state index contributed by atoms with van der Waals surface area (Å²) in [6.07, 6.45) is 6.60. The molecule has 1 fully saturated rings. The van der Waals surface area contributed by atoms with Crippen molar-refractivity contribution >= 4 is 5.97 Å². The van der Waals surface area contributed by atoms with Crippen molar-refractivity contribution in [2.24, 2.45) is 5.41 Å². The van der Waals surface area contributed by atoms with Crippen LogP contribution in [0.3, 0.4) is 0 Å². The normalized spacial score (nSPS) is 19.4. The summed E-state index contributed by atoms with van der Waals surface area (Å²) < 4.78 is 5.43. The molecule has 2 nitrogen and oxygen atoms in total. The van der Waals surface area contributed by atoms with Gasteiger partial charge in [0.2, 0.25) is 0 Å². The van der Waals surface area contributed by atoms with Crippen molar-refractivity contribution in [1.82, 2.24) is 0 Å². The molecular formula is C12H22O2. The first kappa shape index (κ1) is 11.5. The molecule has 0 atom stereocenters.